The number of nitrogens with zero attached hydrogens (tertiary/aromatic N) is 2. The lowest BCUT2D eigenvalue weighted by molar-refractivity contribution is -0.0918. The first kappa shape index (κ1) is 8.87. The van der Waals surface area contributed by atoms with E-state index in [1.54, 1.807) is 6.07 Å². The molecule has 0 amide bonds. The zero-order valence-corrected chi connectivity index (χ0v) is 7.70. The maximum atomic E-state index is 5.72. The van der Waals surface area contributed by atoms with Crippen LogP contribution in [0.5, 0.6) is 0 Å². The van der Waals surface area contributed by atoms with Crippen molar-refractivity contribution in [2.45, 2.75) is 6.10 Å². The maximum absolute atomic E-state index is 5.72. The SMILES string of the molecule is Clc1cc(C2COCCO2)ncn1. The van der Waals surface area contributed by atoms with Crippen molar-refractivity contribution in [3.63, 3.8) is 0 Å². The molecule has 13 heavy (non-hydrogen) atoms. The lowest BCUT2D eigenvalue weighted by Crippen LogP contribution is -2.22. The molecule has 70 valence electrons. The van der Waals surface area contributed by atoms with Gasteiger partial charge in [0.1, 0.15) is 17.6 Å². The van der Waals surface area contributed by atoms with Gasteiger partial charge in [-0.25, -0.2) is 9.97 Å². The van der Waals surface area contributed by atoms with E-state index in [-0.39, 0.29) is 6.10 Å². The van der Waals surface area contributed by atoms with Crippen LogP contribution >= 0.6 is 11.6 Å². The molecule has 2 heterocycles. The van der Waals surface area contributed by atoms with E-state index in [1.165, 1.54) is 6.33 Å². The van der Waals surface area contributed by atoms with E-state index in [4.69, 9.17) is 21.1 Å². The summed E-state index contributed by atoms with van der Waals surface area (Å²) in [5.41, 5.74) is 0.778. The first-order chi connectivity index (χ1) is 6.36. The predicted molar refractivity (Wildman–Crippen MR) is 46.6 cm³/mol. The molecule has 5 heteroatoms. The third-order valence-electron chi connectivity index (χ3n) is 1.80. The maximum Gasteiger partial charge on any atom is 0.132 e. The van der Waals surface area contributed by atoms with E-state index in [0.29, 0.717) is 25.0 Å². The lowest BCUT2D eigenvalue weighted by Gasteiger charge is -2.22. The normalized spacial score (nSPS) is 23.0. The van der Waals surface area contributed by atoms with Gasteiger partial charge in [0, 0.05) is 0 Å². The molecule has 1 aromatic heterocycles. The zero-order chi connectivity index (χ0) is 9.10. The predicted octanol–water partition coefficient (Wildman–Crippen LogP) is 1.22. The van der Waals surface area contributed by atoms with Crippen LogP contribution in [-0.2, 0) is 9.47 Å². The number of rotatable bonds is 1. The van der Waals surface area contributed by atoms with Crippen molar-refractivity contribution in [1.29, 1.82) is 0 Å². The van der Waals surface area contributed by atoms with Gasteiger partial charge in [-0.15, -0.1) is 0 Å². The van der Waals surface area contributed by atoms with Crippen molar-refractivity contribution in [3.8, 4) is 0 Å². The van der Waals surface area contributed by atoms with E-state index < -0.39 is 0 Å². The minimum Gasteiger partial charge on any atom is -0.376 e. The minimum absolute atomic E-state index is 0.103. The van der Waals surface area contributed by atoms with Crippen LogP contribution in [0, 0.1) is 0 Å². The number of aromatic nitrogens is 2. The van der Waals surface area contributed by atoms with Gasteiger partial charge >= 0.3 is 0 Å². The largest absolute Gasteiger partial charge is 0.376 e. The smallest absolute Gasteiger partial charge is 0.132 e. The number of ether oxygens (including phenoxy) is 2. The molecule has 0 aromatic carbocycles. The van der Waals surface area contributed by atoms with Gasteiger partial charge in [0.05, 0.1) is 25.5 Å². The zero-order valence-electron chi connectivity index (χ0n) is 6.94. The highest BCUT2D eigenvalue weighted by Crippen LogP contribution is 2.19. The Kier molecular flexibility index (Phi) is 2.73. The Hall–Kier alpha value is -0.710. The molecule has 1 fully saturated rings. The molecule has 2 rings (SSSR count). The highest BCUT2D eigenvalue weighted by atomic mass is 35.5. The Balaban J connectivity index is 2.14. The van der Waals surface area contributed by atoms with Crippen LogP contribution in [-0.4, -0.2) is 29.8 Å². The van der Waals surface area contributed by atoms with E-state index in [9.17, 15) is 0 Å². The molecule has 1 aliphatic heterocycles. The number of halogens is 1. The minimum atomic E-state index is -0.103. The van der Waals surface area contributed by atoms with E-state index >= 15 is 0 Å². The van der Waals surface area contributed by atoms with Gasteiger partial charge in [0.15, 0.2) is 0 Å². The number of hydrogen-bond acceptors (Lipinski definition) is 4. The molecule has 1 atom stereocenters. The Morgan fingerprint density at radius 1 is 1.38 bits per heavy atom. The summed E-state index contributed by atoms with van der Waals surface area (Å²) in [5.74, 6) is 0. The summed E-state index contributed by atoms with van der Waals surface area (Å²) in [4.78, 5) is 7.86. The van der Waals surface area contributed by atoms with Crippen LogP contribution in [0.1, 0.15) is 11.8 Å². The van der Waals surface area contributed by atoms with E-state index in [0.717, 1.165) is 5.69 Å². The molecule has 0 N–H and O–H groups in total. The Labute approximate surface area is 80.9 Å². The molecule has 0 radical (unpaired) electrons. The highest BCUT2D eigenvalue weighted by molar-refractivity contribution is 6.29. The van der Waals surface area contributed by atoms with Gasteiger partial charge in [0.2, 0.25) is 0 Å². The van der Waals surface area contributed by atoms with Gasteiger partial charge in [-0.2, -0.15) is 0 Å². The molecule has 0 spiro atoms. The van der Waals surface area contributed by atoms with E-state index in [2.05, 4.69) is 9.97 Å². The van der Waals surface area contributed by atoms with Crippen molar-refractivity contribution in [2.75, 3.05) is 19.8 Å². The van der Waals surface area contributed by atoms with Crippen molar-refractivity contribution in [1.82, 2.24) is 9.97 Å². The van der Waals surface area contributed by atoms with Gasteiger partial charge in [-0.05, 0) is 6.07 Å². The average Bonchev–Trinajstić information content (AvgIpc) is 2.19. The molecule has 0 bridgehead atoms. The van der Waals surface area contributed by atoms with Crippen LogP contribution in [0.15, 0.2) is 12.4 Å². The molecule has 0 saturated carbocycles. The second-order valence-electron chi connectivity index (χ2n) is 2.70. The second kappa shape index (κ2) is 4.00. The molecule has 1 saturated heterocycles. The molecule has 4 nitrogen and oxygen atoms in total. The van der Waals surface area contributed by atoms with Crippen molar-refractivity contribution in [3.05, 3.63) is 23.2 Å². The van der Waals surface area contributed by atoms with E-state index in [1.807, 2.05) is 0 Å². The van der Waals surface area contributed by atoms with Crippen molar-refractivity contribution >= 4 is 11.6 Å². The molecule has 1 aliphatic rings. The van der Waals surface area contributed by atoms with Crippen molar-refractivity contribution in [2.24, 2.45) is 0 Å². The third kappa shape index (κ3) is 2.15. The summed E-state index contributed by atoms with van der Waals surface area (Å²) in [6, 6.07) is 1.70. The molecule has 1 aromatic rings. The standard InChI is InChI=1S/C8H9ClN2O2/c9-8-3-6(10-5-11-8)7-4-12-1-2-13-7/h3,5,7H,1-2,4H2. The molecule has 1 unspecified atom stereocenters. The molecule has 0 aliphatic carbocycles. The monoisotopic (exact) mass is 200 g/mol. The Bertz CT molecular complexity index is 289. The van der Waals surface area contributed by atoms with Crippen LogP contribution < -0.4 is 0 Å². The summed E-state index contributed by atoms with van der Waals surface area (Å²) in [6.45, 7) is 1.79. The van der Waals surface area contributed by atoms with Gasteiger partial charge < -0.3 is 9.47 Å². The fourth-order valence-corrected chi connectivity index (χ4v) is 1.34. The summed E-state index contributed by atoms with van der Waals surface area (Å²) < 4.78 is 10.7. The Morgan fingerprint density at radius 3 is 3.00 bits per heavy atom. The summed E-state index contributed by atoms with van der Waals surface area (Å²) in [5, 5.41) is 0.430. The van der Waals surface area contributed by atoms with Gasteiger partial charge in [0.25, 0.3) is 0 Å². The Morgan fingerprint density at radius 2 is 2.31 bits per heavy atom. The van der Waals surface area contributed by atoms with Gasteiger partial charge in [-0.3, -0.25) is 0 Å². The average molecular weight is 201 g/mol. The molecular formula is C8H9ClN2O2. The number of hydrogen-bond donors (Lipinski definition) is 0. The lowest BCUT2D eigenvalue weighted by atomic mass is 10.2. The second-order valence-corrected chi connectivity index (χ2v) is 3.09. The summed E-state index contributed by atoms with van der Waals surface area (Å²) >= 11 is 5.72. The van der Waals surface area contributed by atoms with Gasteiger partial charge in [-0.1, -0.05) is 11.6 Å². The first-order valence-electron chi connectivity index (χ1n) is 4.03. The molecular weight excluding hydrogens is 192 g/mol. The highest BCUT2D eigenvalue weighted by Gasteiger charge is 2.17. The topological polar surface area (TPSA) is 44.2 Å². The fraction of sp³-hybridized carbons (Fsp3) is 0.500. The fourth-order valence-electron chi connectivity index (χ4n) is 1.18. The third-order valence-corrected chi connectivity index (χ3v) is 2.01. The van der Waals surface area contributed by atoms with Crippen LogP contribution in [0.2, 0.25) is 5.15 Å². The van der Waals surface area contributed by atoms with Crippen LogP contribution in [0.25, 0.3) is 0 Å². The van der Waals surface area contributed by atoms with Crippen LogP contribution in [0.4, 0.5) is 0 Å². The van der Waals surface area contributed by atoms with Crippen LogP contribution in [0.3, 0.4) is 0 Å². The summed E-state index contributed by atoms with van der Waals surface area (Å²) in [7, 11) is 0. The summed E-state index contributed by atoms with van der Waals surface area (Å²) in [6.07, 6.45) is 1.32. The van der Waals surface area contributed by atoms with Crippen molar-refractivity contribution < 1.29 is 9.47 Å². The first-order valence-corrected chi connectivity index (χ1v) is 4.41. The quantitative estimate of drug-likeness (QED) is 0.640.